The fourth-order valence-corrected chi connectivity index (χ4v) is 2.66. The zero-order valence-electron chi connectivity index (χ0n) is 15.3. The minimum Gasteiger partial charge on any atom is -0.468 e. The number of aromatic nitrogens is 1. The number of hydrogen-bond donors (Lipinski definition) is 0. The number of methoxy groups -OCH3 is 1. The molecule has 0 spiro atoms. The molecular formula is C18H26N2O4. The van der Waals surface area contributed by atoms with Crippen molar-refractivity contribution in [2.75, 3.05) is 18.6 Å². The molecule has 6 nitrogen and oxygen atoms in total. The van der Waals surface area contributed by atoms with Gasteiger partial charge in [-0.2, -0.15) is 0 Å². The molecule has 0 aliphatic carbocycles. The smallest absolute Gasteiger partial charge is 0.414 e. The molecule has 0 saturated heterocycles. The van der Waals surface area contributed by atoms with Crippen molar-refractivity contribution in [3.8, 4) is 0 Å². The normalized spacial score (nSPS) is 14.8. The van der Waals surface area contributed by atoms with E-state index in [0.717, 1.165) is 24.2 Å². The third-order valence-electron chi connectivity index (χ3n) is 3.99. The Balaban J connectivity index is 2.33. The van der Waals surface area contributed by atoms with Gasteiger partial charge in [0.2, 0.25) is 0 Å². The van der Waals surface area contributed by atoms with E-state index in [2.05, 4.69) is 4.98 Å². The molecule has 0 unspecified atom stereocenters. The molecule has 1 aliphatic rings. The summed E-state index contributed by atoms with van der Waals surface area (Å²) in [5.41, 5.74) is 0.813. The Morgan fingerprint density at radius 3 is 2.42 bits per heavy atom. The maximum atomic E-state index is 12.4. The second-order valence-corrected chi connectivity index (χ2v) is 7.51. The van der Waals surface area contributed by atoms with Crippen LogP contribution >= 0.6 is 0 Å². The molecule has 1 aromatic rings. The number of carbonyl (C=O) groups is 2. The fraction of sp³-hybridized carbons (Fsp3) is 0.611. The van der Waals surface area contributed by atoms with Gasteiger partial charge in [-0.1, -0.05) is 0 Å². The summed E-state index contributed by atoms with van der Waals surface area (Å²) in [4.78, 5) is 30.6. The third kappa shape index (κ3) is 3.68. The number of aryl methyl sites for hydroxylation is 1. The van der Waals surface area contributed by atoms with Crippen LogP contribution in [0.1, 0.15) is 52.4 Å². The van der Waals surface area contributed by atoms with Gasteiger partial charge < -0.3 is 9.47 Å². The van der Waals surface area contributed by atoms with E-state index in [1.165, 1.54) is 7.11 Å². The first-order valence-corrected chi connectivity index (χ1v) is 8.15. The van der Waals surface area contributed by atoms with Gasteiger partial charge >= 0.3 is 12.1 Å². The summed E-state index contributed by atoms with van der Waals surface area (Å²) in [5.74, 6) is -0.338. The Morgan fingerprint density at radius 2 is 1.83 bits per heavy atom. The summed E-state index contributed by atoms with van der Waals surface area (Å²) < 4.78 is 10.3. The molecule has 0 radical (unpaired) electrons. The second-order valence-electron chi connectivity index (χ2n) is 7.51. The third-order valence-corrected chi connectivity index (χ3v) is 3.99. The topological polar surface area (TPSA) is 68.7 Å². The van der Waals surface area contributed by atoms with Crippen LogP contribution in [0.5, 0.6) is 0 Å². The SMILES string of the molecule is COC(=O)C(C)(C)c1ccc2c(n1)CCCN2C(=O)OC(C)(C)C. The summed E-state index contributed by atoms with van der Waals surface area (Å²) in [7, 11) is 1.37. The average molecular weight is 334 g/mol. The summed E-state index contributed by atoms with van der Waals surface area (Å²) >= 11 is 0. The monoisotopic (exact) mass is 334 g/mol. The summed E-state index contributed by atoms with van der Waals surface area (Å²) in [5, 5.41) is 0. The van der Waals surface area contributed by atoms with Crippen LogP contribution in [0.15, 0.2) is 12.1 Å². The van der Waals surface area contributed by atoms with Crippen molar-refractivity contribution < 1.29 is 19.1 Å². The van der Waals surface area contributed by atoms with Crippen LogP contribution in [-0.2, 0) is 26.1 Å². The lowest BCUT2D eigenvalue weighted by Gasteiger charge is -2.32. The summed E-state index contributed by atoms with van der Waals surface area (Å²) in [6, 6.07) is 3.61. The van der Waals surface area contributed by atoms with Crippen LogP contribution in [0.25, 0.3) is 0 Å². The Hall–Kier alpha value is -2.11. The van der Waals surface area contributed by atoms with Crippen LogP contribution in [0.4, 0.5) is 10.5 Å². The lowest BCUT2D eigenvalue weighted by molar-refractivity contribution is -0.146. The molecule has 2 heterocycles. The summed E-state index contributed by atoms with van der Waals surface area (Å²) in [6.45, 7) is 9.69. The van der Waals surface area contributed by atoms with Gasteiger partial charge in [0.15, 0.2) is 0 Å². The molecule has 0 bridgehead atoms. The van der Waals surface area contributed by atoms with Gasteiger partial charge in [0, 0.05) is 6.54 Å². The molecule has 6 heteroatoms. The van der Waals surface area contributed by atoms with E-state index in [0.29, 0.717) is 12.2 Å². The first-order valence-electron chi connectivity index (χ1n) is 8.15. The number of carbonyl (C=O) groups excluding carboxylic acids is 2. The molecule has 0 aromatic carbocycles. The number of hydrogen-bond acceptors (Lipinski definition) is 5. The molecule has 1 amide bonds. The van der Waals surface area contributed by atoms with Crippen LogP contribution < -0.4 is 4.90 Å². The maximum Gasteiger partial charge on any atom is 0.414 e. The summed E-state index contributed by atoms with van der Waals surface area (Å²) in [6.07, 6.45) is 1.20. The van der Waals surface area contributed by atoms with E-state index in [9.17, 15) is 9.59 Å². The molecule has 132 valence electrons. The Labute approximate surface area is 143 Å². The Bertz CT molecular complexity index is 647. The standard InChI is InChI=1S/C18H26N2O4/c1-17(2,3)24-16(22)20-11-7-8-12-13(20)9-10-14(19-12)18(4,5)15(21)23-6/h9-10H,7-8,11H2,1-6H3. The quantitative estimate of drug-likeness (QED) is 0.777. The molecule has 0 saturated carbocycles. The zero-order chi connectivity index (χ0) is 18.1. The first kappa shape index (κ1) is 18.2. The highest BCUT2D eigenvalue weighted by Gasteiger charge is 2.34. The van der Waals surface area contributed by atoms with Crippen molar-refractivity contribution in [3.63, 3.8) is 0 Å². The van der Waals surface area contributed by atoms with Gasteiger partial charge in [-0.05, 0) is 59.6 Å². The molecule has 0 fully saturated rings. The van der Waals surface area contributed by atoms with Gasteiger partial charge in [0.1, 0.15) is 11.0 Å². The van der Waals surface area contributed by atoms with E-state index >= 15 is 0 Å². The van der Waals surface area contributed by atoms with Crippen LogP contribution in [0, 0.1) is 0 Å². The number of amides is 1. The van der Waals surface area contributed by atoms with E-state index in [4.69, 9.17) is 9.47 Å². The molecule has 1 aromatic heterocycles. The molecule has 0 atom stereocenters. The van der Waals surface area contributed by atoms with E-state index in [1.54, 1.807) is 24.8 Å². The van der Waals surface area contributed by atoms with Gasteiger partial charge in [0.25, 0.3) is 0 Å². The number of nitrogens with zero attached hydrogens (tertiary/aromatic N) is 2. The van der Waals surface area contributed by atoms with Gasteiger partial charge in [-0.15, -0.1) is 0 Å². The van der Waals surface area contributed by atoms with Crippen molar-refractivity contribution in [1.82, 2.24) is 4.98 Å². The van der Waals surface area contributed by atoms with Crippen molar-refractivity contribution in [1.29, 1.82) is 0 Å². The fourth-order valence-electron chi connectivity index (χ4n) is 2.66. The molecule has 0 N–H and O–H groups in total. The van der Waals surface area contributed by atoms with Crippen molar-refractivity contribution in [2.24, 2.45) is 0 Å². The predicted molar refractivity (Wildman–Crippen MR) is 91.2 cm³/mol. The van der Waals surface area contributed by atoms with Gasteiger partial charge in [-0.25, -0.2) is 4.79 Å². The van der Waals surface area contributed by atoms with Crippen molar-refractivity contribution in [2.45, 2.75) is 58.5 Å². The zero-order valence-corrected chi connectivity index (χ0v) is 15.3. The predicted octanol–water partition coefficient (Wildman–Crippen LogP) is 3.22. The van der Waals surface area contributed by atoms with E-state index in [1.807, 2.05) is 26.8 Å². The van der Waals surface area contributed by atoms with Gasteiger partial charge in [0.05, 0.1) is 24.2 Å². The van der Waals surface area contributed by atoms with Crippen molar-refractivity contribution in [3.05, 3.63) is 23.5 Å². The van der Waals surface area contributed by atoms with E-state index < -0.39 is 11.0 Å². The lowest BCUT2D eigenvalue weighted by atomic mass is 9.88. The Morgan fingerprint density at radius 1 is 1.17 bits per heavy atom. The highest BCUT2D eigenvalue weighted by molar-refractivity contribution is 5.89. The van der Waals surface area contributed by atoms with Crippen molar-refractivity contribution >= 4 is 17.7 Å². The van der Waals surface area contributed by atoms with Crippen LogP contribution in [0.2, 0.25) is 0 Å². The number of esters is 1. The largest absolute Gasteiger partial charge is 0.468 e. The second kappa shape index (κ2) is 6.42. The number of anilines is 1. The van der Waals surface area contributed by atoms with E-state index in [-0.39, 0.29) is 12.1 Å². The first-order chi connectivity index (χ1) is 11.1. The van der Waals surface area contributed by atoms with Gasteiger partial charge in [-0.3, -0.25) is 14.7 Å². The molecular weight excluding hydrogens is 308 g/mol. The highest BCUT2D eigenvalue weighted by Crippen LogP contribution is 2.31. The number of ether oxygens (including phenoxy) is 2. The van der Waals surface area contributed by atoms with Crippen LogP contribution in [0.3, 0.4) is 0 Å². The molecule has 2 rings (SSSR count). The molecule has 24 heavy (non-hydrogen) atoms. The minimum absolute atomic E-state index is 0.338. The molecule has 1 aliphatic heterocycles. The number of pyridine rings is 1. The van der Waals surface area contributed by atoms with Crippen LogP contribution in [-0.4, -0.2) is 36.3 Å². The highest BCUT2D eigenvalue weighted by atomic mass is 16.6. The maximum absolute atomic E-state index is 12.4. The number of rotatable bonds is 2. The Kier molecular flexibility index (Phi) is 4.87. The minimum atomic E-state index is -0.835. The number of fused-ring (bicyclic) bond motifs is 1. The average Bonchev–Trinajstić information content (AvgIpc) is 2.51. The lowest BCUT2D eigenvalue weighted by Crippen LogP contribution is -2.40.